The van der Waals surface area contributed by atoms with Crippen LogP contribution >= 0.6 is 11.6 Å². The fourth-order valence-corrected chi connectivity index (χ4v) is 1.75. The van der Waals surface area contributed by atoms with E-state index in [2.05, 4.69) is 5.32 Å². The lowest BCUT2D eigenvalue weighted by Gasteiger charge is -2.08. The van der Waals surface area contributed by atoms with E-state index in [9.17, 15) is 14.7 Å². The zero-order valence-corrected chi connectivity index (χ0v) is 11.3. The van der Waals surface area contributed by atoms with E-state index in [1.165, 1.54) is 18.2 Å². The number of halogens is 1. The molecule has 0 saturated carbocycles. The van der Waals surface area contributed by atoms with Crippen molar-refractivity contribution in [2.24, 2.45) is 0 Å². The molecular formula is C14H10ClNO5. The van der Waals surface area contributed by atoms with Gasteiger partial charge in [-0.2, -0.15) is 0 Å². The van der Waals surface area contributed by atoms with Crippen LogP contribution in [0.3, 0.4) is 0 Å². The third kappa shape index (κ3) is 3.87. The molecule has 0 spiro atoms. The average Bonchev–Trinajstić information content (AvgIpc) is 2.40. The first-order valence-corrected chi connectivity index (χ1v) is 6.14. The highest BCUT2D eigenvalue weighted by molar-refractivity contribution is 6.30. The predicted octanol–water partition coefficient (Wildman–Crippen LogP) is 3.35. The topological polar surface area (TPSA) is 95.9 Å². The first kappa shape index (κ1) is 14.7. The average molecular weight is 308 g/mol. The van der Waals surface area contributed by atoms with Crippen molar-refractivity contribution in [2.75, 3.05) is 5.32 Å². The van der Waals surface area contributed by atoms with Crippen LogP contribution in [0, 0.1) is 0 Å². The lowest BCUT2D eigenvalue weighted by atomic mass is 10.2. The molecule has 0 aliphatic carbocycles. The maximum atomic E-state index is 11.7. The first-order chi connectivity index (χ1) is 9.95. The molecule has 0 saturated heterocycles. The Bertz CT molecular complexity index is 702. The van der Waals surface area contributed by atoms with E-state index in [4.69, 9.17) is 21.4 Å². The molecule has 0 radical (unpaired) electrons. The van der Waals surface area contributed by atoms with Gasteiger partial charge in [-0.15, -0.1) is 0 Å². The lowest BCUT2D eigenvalue weighted by molar-refractivity contribution is 0.0693. The number of benzene rings is 2. The SMILES string of the molecule is O=C(Nc1ccc(O)c(C(=O)O)c1)Oc1cccc(Cl)c1. The largest absolute Gasteiger partial charge is 0.507 e. The van der Waals surface area contributed by atoms with Gasteiger partial charge in [-0.1, -0.05) is 17.7 Å². The van der Waals surface area contributed by atoms with Crippen LogP contribution in [0.2, 0.25) is 5.02 Å². The molecule has 2 aromatic rings. The van der Waals surface area contributed by atoms with E-state index in [0.29, 0.717) is 5.02 Å². The summed E-state index contributed by atoms with van der Waals surface area (Å²) in [4.78, 5) is 22.5. The fourth-order valence-electron chi connectivity index (χ4n) is 1.57. The molecule has 2 rings (SSSR count). The second-order valence-corrected chi connectivity index (χ2v) is 4.45. The highest BCUT2D eigenvalue weighted by Gasteiger charge is 2.12. The number of amides is 1. The van der Waals surface area contributed by atoms with E-state index in [-0.39, 0.29) is 17.0 Å². The van der Waals surface area contributed by atoms with Gasteiger partial charge in [0.05, 0.1) is 0 Å². The van der Waals surface area contributed by atoms with Crippen LogP contribution in [0.1, 0.15) is 10.4 Å². The van der Waals surface area contributed by atoms with Crippen LogP contribution in [0.5, 0.6) is 11.5 Å². The molecule has 7 heteroatoms. The molecule has 3 N–H and O–H groups in total. The normalized spacial score (nSPS) is 9.95. The van der Waals surface area contributed by atoms with Gasteiger partial charge in [0.25, 0.3) is 0 Å². The van der Waals surface area contributed by atoms with E-state index < -0.39 is 17.8 Å². The van der Waals surface area contributed by atoms with Gasteiger partial charge in [0.1, 0.15) is 17.1 Å². The molecule has 0 atom stereocenters. The number of carbonyl (C=O) groups excluding carboxylic acids is 1. The molecule has 2 aromatic carbocycles. The molecule has 0 unspecified atom stereocenters. The molecule has 1 amide bonds. The number of carbonyl (C=O) groups is 2. The van der Waals surface area contributed by atoms with Crippen molar-refractivity contribution in [3.63, 3.8) is 0 Å². The minimum absolute atomic E-state index is 0.178. The number of carboxylic acids is 1. The Morgan fingerprint density at radius 1 is 1.14 bits per heavy atom. The maximum Gasteiger partial charge on any atom is 0.417 e. The third-order valence-corrected chi connectivity index (χ3v) is 2.72. The number of carboxylic acid groups (broad SMARTS) is 1. The Hall–Kier alpha value is -2.73. The molecule has 0 aliphatic rings. The lowest BCUT2D eigenvalue weighted by Crippen LogP contribution is -2.17. The van der Waals surface area contributed by atoms with Crippen molar-refractivity contribution >= 4 is 29.4 Å². The number of rotatable bonds is 3. The molecule has 0 fully saturated rings. The Morgan fingerprint density at radius 2 is 1.90 bits per heavy atom. The Kier molecular flexibility index (Phi) is 4.30. The Labute approximate surface area is 124 Å². The van der Waals surface area contributed by atoms with Crippen LogP contribution in [-0.4, -0.2) is 22.3 Å². The quantitative estimate of drug-likeness (QED) is 0.756. The Balaban J connectivity index is 2.09. The third-order valence-electron chi connectivity index (χ3n) is 2.48. The number of hydrogen-bond acceptors (Lipinski definition) is 4. The molecule has 108 valence electrons. The van der Waals surface area contributed by atoms with Crippen LogP contribution < -0.4 is 10.1 Å². The van der Waals surface area contributed by atoms with Gasteiger partial charge < -0.3 is 14.9 Å². The minimum atomic E-state index is -1.31. The van der Waals surface area contributed by atoms with Gasteiger partial charge in [0.2, 0.25) is 0 Å². The van der Waals surface area contributed by atoms with Gasteiger partial charge in [0.15, 0.2) is 0 Å². The van der Waals surface area contributed by atoms with Crippen LogP contribution in [0.15, 0.2) is 42.5 Å². The van der Waals surface area contributed by atoms with Crippen molar-refractivity contribution < 1.29 is 24.5 Å². The summed E-state index contributed by atoms with van der Waals surface area (Å²) in [5, 5.41) is 21.0. The van der Waals surface area contributed by atoms with Gasteiger partial charge in [0, 0.05) is 10.7 Å². The van der Waals surface area contributed by atoms with Crippen LogP contribution in [-0.2, 0) is 0 Å². The number of hydrogen-bond donors (Lipinski definition) is 3. The summed E-state index contributed by atoms with van der Waals surface area (Å²) in [6, 6.07) is 9.89. The number of anilines is 1. The second-order valence-electron chi connectivity index (χ2n) is 4.01. The standard InChI is InChI=1S/C14H10ClNO5/c15-8-2-1-3-10(6-8)21-14(20)16-9-4-5-12(17)11(7-9)13(18)19/h1-7,17H,(H,16,20)(H,18,19). The van der Waals surface area contributed by atoms with Crippen LogP contribution in [0.4, 0.5) is 10.5 Å². The van der Waals surface area contributed by atoms with E-state index in [1.807, 2.05) is 0 Å². The zero-order chi connectivity index (χ0) is 15.4. The first-order valence-electron chi connectivity index (χ1n) is 5.76. The van der Waals surface area contributed by atoms with Crippen molar-refractivity contribution in [3.8, 4) is 11.5 Å². The molecule has 0 bridgehead atoms. The summed E-state index contributed by atoms with van der Waals surface area (Å²) in [5.74, 6) is -1.45. The number of aromatic carboxylic acids is 1. The van der Waals surface area contributed by atoms with Crippen LogP contribution in [0.25, 0.3) is 0 Å². The Morgan fingerprint density at radius 3 is 2.57 bits per heavy atom. The highest BCUT2D eigenvalue weighted by Crippen LogP contribution is 2.22. The summed E-state index contributed by atoms with van der Waals surface area (Å²) < 4.78 is 4.99. The summed E-state index contributed by atoms with van der Waals surface area (Å²) in [7, 11) is 0. The molecule has 0 heterocycles. The number of nitrogens with one attached hydrogen (secondary N) is 1. The molecule has 21 heavy (non-hydrogen) atoms. The van der Waals surface area contributed by atoms with Gasteiger partial charge in [-0.05, 0) is 36.4 Å². The number of phenols is 1. The van der Waals surface area contributed by atoms with Crippen molar-refractivity contribution in [1.82, 2.24) is 0 Å². The van der Waals surface area contributed by atoms with E-state index in [1.54, 1.807) is 18.2 Å². The molecule has 0 aliphatic heterocycles. The van der Waals surface area contributed by atoms with E-state index >= 15 is 0 Å². The van der Waals surface area contributed by atoms with Gasteiger partial charge in [-0.25, -0.2) is 9.59 Å². The zero-order valence-electron chi connectivity index (χ0n) is 10.5. The summed E-state index contributed by atoms with van der Waals surface area (Å²) in [6.07, 6.45) is -0.806. The van der Waals surface area contributed by atoms with E-state index in [0.717, 1.165) is 6.07 Å². The predicted molar refractivity (Wildman–Crippen MR) is 76.2 cm³/mol. The monoisotopic (exact) mass is 307 g/mol. The summed E-state index contributed by atoms with van der Waals surface area (Å²) in [5.41, 5.74) is -0.146. The number of ether oxygens (including phenoxy) is 1. The second kappa shape index (κ2) is 6.15. The molecular weight excluding hydrogens is 298 g/mol. The maximum absolute atomic E-state index is 11.7. The highest BCUT2D eigenvalue weighted by atomic mass is 35.5. The van der Waals surface area contributed by atoms with Crippen molar-refractivity contribution in [2.45, 2.75) is 0 Å². The molecule has 6 nitrogen and oxygen atoms in total. The molecule has 0 aromatic heterocycles. The van der Waals surface area contributed by atoms with Gasteiger partial charge >= 0.3 is 12.1 Å². The number of aromatic hydroxyl groups is 1. The summed E-state index contributed by atoms with van der Waals surface area (Å²) in [6.45, 7) is 0. The van der Waals surface area contributed by atoms with Crippen molar-refractivity contribution in [1.29, 1.82) is 0 Å². The smallest absolute Gasteiger partial charge is 0.417 e. The fraction of sp³-hybridized carbons (Fsp3) is 0. The summed E-state index contributed by atoms with van der Waals surface area (Å²) >= 11 is 5.76. The minimum Gasteiger partial charge on any atom is -0.507 e. The van der Waals surface area contributed by atoms with Gasteiger partial charge in [-0.3, -0.25) is 5.32 Å². The van der Waals surface area contributed by atoms with Crippen molar-refractivity contribution in [3.05, 3.63) is 53.1 Å².